The zero-order valence-electron chi connectivity index (χ0n) is 6.02. The van der Waals surface area contributed by atoms with Crippen molar-refractivity contribution in [2.24, 2.45) is 5.92 Å². The van der Waals surface area contributed by atoms with Gasteiger partial charge in [0, 0.05) is 13.7 Å². The van der Waals surface area contributed by atoms with E-state index in [4.69, 9.17) is 4.74 Å². The summed E-state index contributed by atoms with van der Waals surface area (Å²) in [4.78, 5) is 0. The van der Waals surface area contributed by atoms with Crippen molar-refractivity contribution >= 4 is 0 Å². The molecule has 1 rings (SSSR count). The lowest BCUT2D eigenvalue weighted by atomic mass is 10.4. The number of ether oxygens (including phenoxy) is 1. The minimum atomic E-state index is 0.840. The van der Waals surface area contributed by atoms with Gasteiger partial charge in [-0.3, -0.25) is 0 Å². The first-order valence-corrected chi connectivity index (χ1v) is 3.63. The fourth-order valence-corrected chi connectivity index (χ4v) is 0.802. The van der Waals surface area contributed by atoms with Crippen LogP contribution in [0.15, 0.2) is 0 Å². The van der Waals surface area contributed by atoms with E-state index in [1.807, 2.05) is 0 Å². The first-order chi connectivity index (χ1) is 4.43. The van der Waals surface area contributed by atoms with Gasteiger partial charge in [0.2, 0.25) is 0 Å². The van der Waals surface area contributed by atoms with Crippen LogP contribution < -0.4 is 5.32 Å². The molecule has 0 radical (unpaired) electrons. The minimum Gasteiger partial charge on any atom is -0.383 e. The summed E-state index contributed by atoms with van der Waals surface area (Å²) in [6.07, 6.45) is 2.86. The average molecular weight is 129 g/mol. The Hall–Kier alpha value is -0.0800. The van der Waals surface area contributed by atoms with Crippen molar-refractivity contribution in [2.75, 3.05) is 26.8 Å². The number of nitrogens with one attached hydrogen (secondary N) is 1. The summed E-state index contributed by atoms with van der Waals surface area (Å²) in [7, 11) is 1.73. The fourth-order valence-electron chi connectivity index (χ4n) is 0.802. The molecule has 0 aliphatic heterocycles. The van der Waals surface area contributed by atoms with E-state index >= 15 is 0 Å². The molecule has 1 fully saturated rings. The summed E-state index contributed by atoms with van der Waals surface area (Å²) in [5.41, 5.74) is 0. The molecule has 0 aromatic heterocycles. The molecule has 0 amide bonds. The van der Waals surface area contributed by atoms with Crippen LogP contribution in [0.3, 0.4) is 0 Å². The molecule has 54 valence electrons. The normalized spacial score (nSPS) is 18.3. The number of hydrogen-bond donors (Lipinski definition) is 1. The van der Waals surface area contributed by atoms with Gasteiger partial charge in [-0.05, 0) is 25.3 Å². The van der Waals surface area contributed by atoms with E-state index in [1.165, 1.54) is 19.4 Å². The Bertz CT molecular complexity index is 71.3. The van der Waals surface area contributed by atoms with Crippen LogP contribution in [0.5, 0.6) is 0 Å². The molecule has 1 N–H and O–H groups in total. The second-order valence-electron chi connectivity index (χ2n) is 2.64. The van der Waals surface area contributed by atoms with Gasteiger partial charge in [0.05, 0.1) is 6.61 Å². The summed E-state index contributed by atoms with van der Waals surface area (Å²) >= 11 is 0. The van der Waals surface area contributed by atoms with Crippen molar-refractivity contribution in [3.63, 3.8) is 0 Å². The van der Waals surface area contributed by atoms with Gasteiger partial charge in [-0.15, -0.1) is 0 Å². The standard InChI is InChI=1S/C7H15NO/c1-9-5-4-8-6-7-2-3-7/h7-8H,2-6H2,1H3. The number of rotatable bonds is 5. The molecule has 0 aromatic carbocycles. The lowest BCUT2D eigenvalue weighted by molar-refractivity contribution is 0.199. The van der Waals surface area contributed by atoms with Crippen molar-refractivity contribution in [3.05, 3.63) is 0 Å². The molecular weight excluding hydrogens is 114 g/mol. The Morgan fingerprint density at radius 3 is 2.89 bits per heavy atom. The van der Waals surface area contributed by atoms with Gasteiger partial charge in [-0.2, -0.15) is 0 Å². The highest BCUT2D eigenvalue weighted by Crippen LogP contribution is 2.27. The van der Waals surface area contributed by atoms with Gasteiger partial charge >= 0.3 is 0 Å². The third kappa shape index (κ3) is 3.49. The Kier molecular flexibility index (Phi) is 3.01. The van der Waals surface area contributed by atoms with Crippen molar-refractivity contribution < 1.29 is 4.74 Å². The Balaban J connectivity index is 1.71. The smallest absolute Gasteiger partial charge is 0.0587 e. The molecule has 0 bridgehead atoms. The average Bonchev–Trinajstić information content (AvgIpc) is 2.63. The number of hydrogen-bond acceptors (Lipinski definition) is 2. The van der Waals surface area contributed by atoms with Crippen molar-refractivity contribution in [3.8, 4) is 0 Å². The second kappa shape index (κ2) is 3.85. The van der Waals surface area contributed by atoms with Crippen molar-refractivity contribution in [1.82, 2.24) is 5.32 Å². The Labute approximate surface area is 56.6 Å². The summed E-state index contributed by atoms with van der Waals surface area (Å²) < 4.78 is 4.88. The minimum absolute atomic E-state index is 0.840. The van der Waals surface area contributed by atoms with Crippen molar-refractivity contribution in [1.29, 1.82) is 0 Å². The molecule has 0 atom stereocenters. The van der Waals surface area contributed by atoms with Gasteiger partial charge in [-0.1, -0.05) is 0 Å². The summed E-state index contributed by atoms with van der Waals surface area (Å²) in [6.45, 7) is 3.04. The van der Waals surface area contributed by atoms with E-state index in [0.29, 0.717) is 0 Å². The molecular formula is C7H15NO. The van der Waals surface area contributed by atoms with E-state index in [9.17, 15) is 0 Å². The van der Waals surface area contributed by atoms with Crippen LogP contribution >= 0.6 is 0 Å². The third-order valence-corrected chi connectivity index (χ3v) is 1.61. The molecule has 0 spiro atoms. The van der Waals surface area contributed by atoms with Crippen LogP contribution in [0.2, 0.25) is 0 Å². The first kappa shape index (κ1) is 7.03. The summed E-state index contributed by atoms with van der Waals surface area (Å²) in [5.74, 6) is 0.988. The van der Waals surface area contributed by atoms with Gasteiger partial charge in [0.15, 0.2) is 0 Å². The Morgan fingerprint density at radius 1 is 1.56 bits per heavy atom. The largest absolute Gasteiger partial charge is 0.383 e. The summed E-state index contributed by atoms with van der Waals surface area (Å²) in [6, 6.07) is 0. The third-order valence-electron chi connectivity index (χ3n) is 1.61. The maximum absolute atomic E-state index is 4.88. The predicted molar refractivity (Wildman–Crippen MR) is 37.5 cm³/mol. The van der Waals surface area contributed by atoms with Gasteiger partial charge < -0.3 is 10.1 Å². The monoisotopic (exact) mass is 129 g/mol. The SMILES string of the molecule is COCCNCC1CC1. The highest BCUT2D eigenvalue weighted by Gasteiger charge is 2.19. The molecule has 9 heavy (non-hydrogen) atoms. The molecule has 1 saturated carbocycles. The molecule has 1 aliphatic carbocycles. The summed E-state index contributed by atoms with van der Waals surface area (Å²) in [5, 5.41) is 3.32. The quantitative estimate of drug-likeness (QED) is 0.550. The van der Waals surface area contributed by atoms with Crippen LogP contribution in [0.1, 0.15) is 12.8 Å². The van der Waals surface area contributed by atoms with Crippen LogP contribution in [-0.2, 0) is 4.74 Å². The predicted octanol–water partition coefficient (Wildman–Crippen LogP) is 0.632. The maximum atomic E-state index is 4.88. The lowest BCUT2D eigenvalue weighted by Crippen LogP contribution is -2.21. The van der Waals surface area contributed by atoms with E-state index in [0.717, 1.165) is 19.1 Å². The molecule has 2 nitrogen and oxygen atoms in total. The van der Waals surface area contributed by atoms with E-state index in [2.05, 4.69) is 5.32 Å². The maximum Gasteiger partial charge on any atom is 0.0587 e. The zero-order valence-corrected chi connectivity index (χ0v) is 6.02. The Morgan fingerprint density at radius 2 is 2.33 bits per heavy atom. The van der Waals surface area contributed by atoms with Crippen LogP contribution in [0.25, 0.3) is 0 Å². The number of methoxy groups -OCH3 is 1. The van der Waals surface area contributed by atoms with Crippen molar-refractivity contribution in [2.45, 2.75) is 12.8 Å². The second-order valence-corrected chi connectivity index (χ2v) is 2.64. The topological polar surface area (TPSA) is 21.3 Å². The molecule has 0 unspecified atom stereocenters. The van der Waals surface area contributed by atoms with Crippen LogP contribution in [0, 0.1) is 5.92 Å². The highest BCUT2D eigenvalue weighted by molar-refractivity contribution is 4.74. The molecule has 0 saturated heterocycles. The molecule has 2 heteroatoms. The van der Waals surface area contributed by atoms with E-state index < -0.39 is 0 Å². The first-order valence-electron chi connectivity index (χ1n) is 3.63. The molecule has 0 aromatic rings. The lowest BCUT2D eigenvalue weighted by Gasteiger charge is -2.00. The van der Waals surface area contributed by atoms with Crippen LogP contribution in [-0.4, -0.2) is 26.8 Å². The van der Waals surface area contributed by atoms with E-state index in [-0.39, 0.29) is 0 Å². The van der Waals surface area contributed by atoms with Gasteiger partial charge in [-0.25, -0.2) is 0 Å². The van der Waals surface area contributed by atoms with Crippen LogP contribution in [0.4, 0.5) is 0 Å². The highest BCUT2D eigenvalue weighted by atomic mass is 16.5. The zero-order chi connectivity index (χ0) is 6.53. The van der Waals surface area contributed by atoms with Gasteiger partial charge in [0.25, 0.3) is 0 Å². The van der Waals surface area contributed by atoms with E-state index in [1.54, 1.807) is 7.11 Å². The van der Waals surface area contributed by atoms with Gasteiger partial charge in [0.1, 0.15) is 0 Å². The fraction of sp³-hybridized carbons (Fsp3) is 1.00. The molecule has 1 aliphatic rings. The molecule has 0 heterocycles.